The number of nitrogens with one attached hydrogen (secondary N) is 1. The molecule has 0 aromatic rings. The van der Waals surface area contributed by atoms with E-state index in [1.54, 1.807) is 0 Å². The van der Waals surface area contributed by atoms with Gasteiger partial charge in [-0.1, -0.05) is 19.8 Å². The molecular formula is C15H28N2O2. The minimum Gasteiger partial charge on any atom is -0.480 e. The third kappa shape index (κ3) is 3.69. The molecule has 3 unspecified atom stereocenters. The molecule has 0 saturated heterocycles. The average molecular weight is 268 g/mol. The third-order valence-electron chi connectivity index (χ3n) is 4.77. The molecule has 19 heavy (non-hydrogen) atoms. The van der Waals surface area contributed by atoms with Gasteiger partial charge in [0.15, 0.2) is 0 Å². The van der Waals surface area contributed by atoms with E-state index in [-0.39, 0.29) is 0 Å². The maximum atomic E-state index is 11.6. The van der Waals surface area contributed by atoms with Crippen LogP contribution >= 0.6 is 0 Å². The summed E-state index contributed by atoms with van der Waals surface area (Å²) in [6.45, 7) is 4.72. The van der Waals surface area contributed by atoms with Crippen LogP contribution in [0.3, 0.4) is 0 Å². The molecule has 3 atom stereocenters. The zero-order valence-corrected chi connectivity index (χ0v) is 12.5. The predicted octanol–water partition coefficient (Wildman–Crippen LogP) is 2.09. The first kappa shape index (κ1) is 14.8. The van der Waals surface area contributed by atoms with Crippen molar-refractivity contribution >= 4 is 5.97 Å². The number of aliphatic carboxylic acids is 1. The molecule has 2 fully saturated rings. The molecule has 2 N–H and O–H groups in total. The van der Waals surface area contributed by atoms with Gasteiger partial charge in [-0.25, -0.2) is 0 Å². The normalized spacial score (nSPS) is 31.2. The minimum absolute atomic E-state index is 0.415. The number of carboxylic acids is 1. The van der Waals surface area contributed by atoms with Crippen molar-refractivity contribution in [2.45, 2.75) is 70.0 Å². The molecular weight excluding hydrogens is 240 g/mol. The number of nitrogens with zero attached hydrogens (tertiary/aromatic N) is 1. The van der Waals surface area contributed by atoms with Crippen LogP contribution < -0.4 is 5.32 Å². The molecule has 2 saturated carbocycles. The summed E-state index contributed by atoms with van der Waals surface area (Å²) < 4.78 is 0. The number of hydrogen-bond donors (Lipinski definition) is 2. The molecule has 0 aliphatic heterocycles. The quantitative estimate of drug-likeness (QED) is 0.774. The van der Waals surface area contributed by atoms with Crippen LogP contribution in [0.5, 0.6) is 0 Å². The lowest BCUT2D eigenvalue weighted by Crippen LogP contribution is -2.59. The van der Waals surface area contributed by atoms with Crippen molar-refractivity contribution < 1.29 is 9.90 Å². The first-order valence-electron chi connectivity index (χ1n) is 7.64. The first-order valence-corrected chi connectivity index (χ1v) is 7.64. The highest BCUT2D eigenvalue weighted by Crippen LogP contribution is 2.29. The standard InChI is InChI=1S/C15H28N2O2/c1-11-6-4-5-7-13(11)17(3)10-15(2,14(18)19)16-12-8-9-12/h11-13,16H,4-10H2,1-3H3,(H,18,19). The zero-order chi connectivity index (χ0) is 14.0. The van der Waals surface area contributed by atoms with Crippen LogP contribution in [0.1, 0.15) is 52.4 Å². The molecule has 110 valence electrons. The second-order valence-corrected chi connectivity index (χ2v) is 6.80. The number of carbonyl (C=O) groups is 1. The van der Waals surface area contributed by atoms with E-state index in [1.807, 2.05) is 6.92 Å². The Kier molecular flexibility index (Phi) is 4.51. The second kappa shape index (κ2) is 5.80. The van der Waals surface area contributed by atoms with E-state index in [4.69, 9.17) is 0 Å². The van der Waals surface area contributed by atoms with E-state index in [2.05, 4.69) is 24.2 Å². The van der Waals surface area contributed by atoms with Gasteiger partial charge in [-0.2, -0.15) is 0 Å². The number of hydrogen-bond acceptors (Lipinski definition) is 3. The summed E-state index contributed by atoms with van der Waals surface area (Å²) in [7, 11) is 2.09. The Morgan fingerprint density at radius 3 is 2.47 bits per heavy atom. The van der Waals surface area contributed by atoms with E-state index < -0.39 is 11.5 Å². The lowest BCUT2D eigenvalue weighted by molar-refractivity contribution is -0.145. The average Bonchev–Trinajstić information content (AvgIpc) is 3.12. The Labute approximate surface area is 116 Å². The number of likely N-dealkylation sites (N-methyl/N-ethyl adjacent to an activating group) is 1. The Balaban J connectivity index is 1.97. The van der Waals surface area contributed by atoms with Crippen molar-refractivity contribution in [3.8, 4) is 0 Å². The van der Waals surface area contributed by atoms with Crippen LogP contribution in [0.4, 0.5) is 0 Å². The Morgan fingerprint density at radius 2 is 1.95 bits per heavy atom. The summed E-state index contributed by atoms with van der Waals surface area (Å²) in [5, 5.41) is 12.8. The lowest BCUT2D eigenvalue weighted by atomic mass is 9.84. The molecule has 4 heteroatoms. The molecule has 2 rings (SSSR count). The van der Waals surface area contributed by atoms with E-state index in [0.717, 1.165) is 12.8 Å². The van der Waals surface area contributed by atoms with Gasteiger partial charge in [0, 0.05) is 18.6 Å². The van der Waals surface area contributed by atoms with E-state index in [1.165, 1.54) is 25.7 Å². The van der Waals surface area contributed by atoms with Gasteiger partial charge in [-0.15, -0.1) is 0 Å². The van der Waals surface area contributed by atoms with Gasteiger partial charge < -0.3 is 10.0 Å². The van der Waals surface area contributed by atoms with Crippen molar-refractivity contribution in [3.63, 3.8) is 0 Å². The minimum atomic E-state index is -0.812. The monoisotopic (exact) mass is 268 g/mol. The molecule has 0 spiro atoms. The fourth-order valence-corrected chi connectivity index (χ4v) is 3.42. The van der Waals surface area contributed by atoms with Crippen LogP contribution in [0, 0.1) is 5.92 Å². The van der Waals surface area contributed by atoms with E-state index in [0.29, 0.717) is 24.5 Å². The van der Waals surface area contributed by atoms with Crippen molar-refractivity contribution in [3.05, 3.63) is 0 Å². The molecule has 2 aliphatic carbocycles. The van der Waals surface area contributed by atoms with Gasteiger partial charge in [0.25, 0.3) is 0 Å². The van der Waals surface area contributed by atoms with Crippen LogP contribution in [-0.2, 0) is 4.79 Å². The van der Waals surface area contributed by atoms with Crippen molar-refractivity contribution in [2.75, 3.05) is 13.6 Å². The van der Waals surface area contributed by atoms with Crippen LogP contribution in [-0.4, -0.2) is 47.2 Å². The summed E-state index contributed by atoms with van der Waals surface area (Å²) >= 11 is 0. The highest BCUT2D eigenvalue weighted by atomic mass is 16.4. The van der Waals surface area contributed by atoms with Crippen LogP contribution in [0.2, 0.25) is 0 Å². The van der Waals surface area contributed by atoms with Crippen molar-refractivity contribution in [1.29, 1.82) is 0 Å². The van der Waals surface area contributed by atoms with Gasteiger partial charge >= 0.3 is 5.97 Å². The van der Waals surface area contributed by atoms with Gasteiger partial charge in [0.1, 0.15) is 5.54 Å². The Hall–Kier alpha value is -0.610. The zero-order valence-electron chi connectivity index (χ0n) is 12.5. The molecule has 0 heterocycles. The summed E-state index contributed by atoms with van der Waals surface area (Å²) in [6.07, 6.45) is 7.31. The van der Waals surface area contributed by atoms with Crippen LogP contribution in [0.25, 0.3) is 0 Å². The van der Waals surface area contributed by atoms with Crippen LogP contribution in [0.15, 0.2) is 0 Å². The lowest BCUT2D eigenvalue weighted by Gasteiger charge is -2.40. The summed E-state index contributed by atoms with van der Waals surface area (Å²) in [5.74, 6) is -0.0487. The molecule has 0 aromatic heterocycles. The molecule has 0 bridgehead atoms. The summed E-state index contributed by atoms with van der Waals surface area (Å²) in [5.41, 5.74) is -0.812. The topological polar surface area (TPSA) is 52.6 Å². The molecule has 0 amide bonds. The maximum absolute atomic E-state index is 11.6. The van der Waals surface area contributed by atoms with Gasteiger partial charge in [-0.3, -0.25) is 10.1 Å². The predicted molar refractivity (Wildman–Crippen MR) is 76.2 cm³/mol. The fourth-order valence-electron chi connectivity index (χ4n) is 3.42. The number of rotatable bonds is 6. The van der Waals surface area contributed by atoms with Crippen molar-refractivity contribution in [2.24, 2.45) is 5.92 Å². The second-order valence-electron chi connectivity index (χ2n) is 6.80. The first-order chi connectivity index (χ1) is 8.92. The van der Waals surface area contributed by atoms with Gasteiger partial charge in [-0.05, 0) is 45.6 Å². The summed E-state index contributed by atoms with van der Waals surface area (Å²) in [6, 6.07) is 0.951. The molecule has 2 aliphatic rings. The Bertz CT molecular complexity index is 330. The summed E-state index contributed by atoms with van der Waals surface area (Å²) in [4.78, 5) is 13.9. The van der Waals surface area contributed by atoms with Crippen molar-refractivity contribution in [1.82, 2.24) is 10.2 Å². The van der Waals surface area contributed by atoms with E-state index in [9.17, 15) is 9.90 Å². The smallest absolute Gasteiger partial charge is 0.324 e. The fraction of sp³-hybridized carbons (Fsp3) is 0.933. The van der Waals surface area contributed by atoms with E-state index >= 15 is 0 Å². The largest absolute Gasteiger partial charge is 0.480 e. The maximum Gasteiger partial charge on any atom is 0.324 e. The highest BCUT2D eigenvalue weighted by Gasteiger charge is 2.40. The molecule has 0 radical (unpaired) electrons. The molecule has 0 aromatic carbocycles. The van der Waals surface area contributed by atoms with Gasteiger partial charge in [0.05, 0.1) is 0 Å². The number of carboxylic acid groups (broad SMARTS) is 1. The highest BCUT2D eigenvalue weighted by molar-refractivity contribution is 5.78. The SMILES string of the molecule is CC1CCCCC1N(C)CC(C)(NC1CC1)C(=O)O. The third-order valence-corrected chi connectivity index (χ3v) is 4.77. The van der Waals surface area contributed by atoms with Gasteiger partial charge in [0.2, 0.25) is 0 Å². The Morgan fingerprint density at radius 1 is 1.32 bits per heavy atom. The molecule has 4 nitrogen and oxygen atoms in total.